The van der Waals surface area contributed by atoms with Gasteiger partial charge in [-0.25, -0.2) is 13.6 Å². The van der Waals surface area contributed by atoms with E-state index in [9.17, 15) is 26.5 Å². The molecule has 10 heteroatoms. The number of hydrogen-bond acceptors (Lipinski definition) is 4. The molecule has 1 aliphatic rings. The molecule has 0 bridgehead atoms. The largest absolute Gasteiger partial charge is 0.444 e. The van der Waals surface area contributed by atoms with Crippen LogP contribution in [0.3, 0.4) is 0 Å². The zero-order chi connectivity index (χ0) is 23.3. The standard InChI is InChI=1S/C22H24BrF2NO5S/c23-17-9-10-20(32(28,29)30)21(26-22(27)31-13-14-5-2-1-3-6-14)16(17)8-4-7-15-11-18(24)19(25)12-15/h1-3,5-6,9-10,15,18-19H,4,7-8,11-13H2,(H,26,27)(H,28,29,30)/t15?,18-,19+. The van der Waals surface area contributed by atoms with Crippen molar-refractivity contribution in [1.29, 1.82) is 0 Å². The second kappa shape index (κ2) is 10.7. The number of rotatable bonds is 8. The van der Waals surface area contributed by atoms with Crippen molar-refractivity contribution in [2.45, 2.75) is 55.9 Å². The molecular weight excluding hydrogens is 508 g/mol. The average Bonchev–Trinajstić information content (AvgIpc) is 3.05. The molecule has 0 aliphatic heterocycles. The highest BCUT2D eigenvalue weighted by Crippen LogP contribution is 2.36. The molecule has 1 fully saturated rings. The molecule has 3 atom stereocenters. The maximum atomic E-state index is 13.4. The summed E-state index contributed by atoms with van der Waals surface area (Å²) in [6, 6.07) is 11.6. The van der Waals surface area contributed by atoms with Crippen molar-refractivity contribution >= 4 is 37.8 Å². The van der Waals surface area contributed by atoms with Gasteiger partial charge in [0.05, 0.1) is 5.69 Å². The van der Waals surface area contributed by atoms with E-state index in [4.69, 9.17) is 4.74 Å². The van der Waals surface area contributed by atoms with Crippen LogP contribution in [0.25, 0.3) is 0 Å². The first-order valence-electron chi connectivity index (χ1n) is 10.2. The molecule has 0 radical (unpaired) electrons. The van der Waals surface area contributed by atoms with Gasteiger partial charge in [0.15, 0.2) is 0 Å². The third-order valence-electron chi connectivity index (χ3n) is 5.48. The van der Waals surface area contributed by atoms with Crippen LogP contribution in [0.5, 0.6) is 0 Å². The average molecular weight is 532 g/mol. The predicted molar refractivity (Wildman–Crippen MR) is 120 cm³/mol. The monoisotopic (exact) mass is 531 g/mol. The van der Waals surface area contributed by atoms with Gasteiger partial charge in [0.2, 0.25) is 0 Å². The molecule has 1 aliphatic carbocycles. The number of carbonyl (C=O) groups is 1. The van der Waals surface area contributed by atoms with E-state index in [-0.39, 0.29) is 31.1 Å². The fourth-order valence-corrected chi connectivity index (χ4v) is 5.09. The molecule has 6 nitrogen and oxygen atoms in total. The lowest BCUT2D eigenvalue weighted by Crippen LogP contribution is -2.18. The summed E-state index contributed by atoms with van der Waals surface area (Å²) in [5.74, 6) is -0.0872. The van der Waals surface area contributed by atoms with E-state index >= 15 is 0 Å². The van der Waals surface area contributed by atoms with E-state index in [0.717, 1.165) is 5.56 Å². The zero-order valence-electron chi connectivity index (χ0n) is 17.1. The summed E-state index contributed by atoms with van der Waals surface area (Å²) in [5.41, 5.74) is 1.11. The van der Waals surface area contributed by atoms with E-state index < -0.39 is 33.5 Å². The SMILES string of the molecule is O=C(Nc1c(S(=O)(=O)O)ccc(Br)c1CCCC1C[C@@H](F)[C@@H](F)C1)OCc1ccccc1. The minimum absolute atomic E-state index is 0.0201. The van der Waals surface area contributed by atoms with Crippen LogP contribution < -0.4 is 5.32 Å². The van der Waals surface area contributed by atoms with Crippen molar-refractivity contribution in [2.24, 2.45) is 5.92 Å². The van der Waals surface area contributed by atoms with Gasteiger partial charge in [0.25, 0.3) is 10.1 Å². The highest BCUT2D eigenvalue weighted by Gasteiger charge is 2.34. The third-order valence-corrected chi connectivity index (χ3v) is 7.12. The van der Waals surface area contributed by atoms with Crippen LogP contribution >= 0.6 is 15.9 Å². The second-order valence-electron chi connectivity index (χ2n) is 7.82. The van der Waals surface area contributed by atoms with Crippen molar-refractivity contribution in [3.05, 3.63) is 58.1 Å². The van der Waals surface area contributed by atoms with Gasteiger partial charge in [-0.1, -0.05) is 46.3 Å². The van der Waals surface area contributed by atoms with Gasteiger partial charge in [0.1, 0.15) is 23.8 Å². The Morgan fingerprint density at radius 2 is 1.78 bits per heavy atom. The van der Waals surface area contributed by atoms with Crippen LogP contribution in [0.15, 0.2) is 51.8 Å². The molecule has 1 saturated carbocycles. The normalized spacial score (nSPS) is 20.8. The van der Waals surface area contributed by atoms with Crippen LogP contribution in [-0.4, -0.2) is 31.4 Å². The Hall–Kier alpha value is -2.04. The van der Waals surface area contributed by atoms with Crippen molar-refractivity contribution in [1.82, 2.24) is 0 Å². The lowest BCUT2D eigenvalue weighted by molar-refractivity contribution is 0.155. The van der Waals surface area contributed by atoms with Gasteiger partial charge in [0, 0.05) is 4.47 Å². The molecule has 3 rings (SSSR count). The first kappa shape index (κ1) is 24.6. The Kier molecular flexibility index (Phi) is 8.24. The minimum atomic E-state index is -4.63. The Bertz CT molecular complexity index is 1040. The molecule has 0 aromatic heterocycles. The first-order valence-corrected chi connectivity index (χ1v) is 12.4. The Morgan fingerprint density at radius 1 is 1.12 bits per heavy atom. The van der Waals surface area contributed by atoms with Gasteiger partial charge in [-0.3, -0.25) is 9.87 Å². The number of anilines is 1. The van der Waals surface area contributed by atoms with Crippen LogP contribution in [0, 0.1) is 5.92 Å². The van der Waals surface area contributed by atoms with E-state index in [1.165, 1.54) is 12.1 Å². The molecule has 2 N–H and O–H groups in total. The zero-order valence-corrected chi connectivity index (χ0v) is 19.5. The van der Waals surface area contributed by atoms with E-state index in [2.05, 4.69) is 21.2 Å². The lowest BCUT2D eigenvalue weighted by atomic mass is 9.97. The molecule has 2 aromatic rings. The number of ether oxygens (including phenoxy) is 1. The van der Waals surface area contributed by atoms with Gasteiger partial charge in [-0.15, -0.1) is 0 Å². The molecule has 0 saturated heterocycles. The number of hydrogen-bond donors (Lipinski definition) is 2. The number of benzene rings is 2. The maximum Gasteiger partial charge on any atom is 0.412 e. The van der Waals surface area contributed by atoms with Gasteiger partial charge >= 0.3 is 6.09 Å². The quantitative estimate of drug-likeness (QED) is 0.416. The topological polar surface area (TPSA) is 92.7 Å². The summed E-state index contributed by atoms with van der Waals surface area (Å²) in [6.07, 6.45) is -2.02. The molecule has 0 heterocycles. The molecule has 1 amide bonds. The number of alkyl halides is 2. The molecule has 0 spiro atoms. The van der Waals surface area contributed by atoms with Crippen LogP contribution in [0.2, 0.25) is 0 Å². The smallest absolute Gasteiger partial charge is 0.412 e. The van der Waals surface area contributed by atoms with E-state index in [1.54, 1.807) is 24.3 Å². The second-order valence-corrected chi connectivity index (χ2v) is 10.1. The number of halogens is 3. The fourth-order valence-electron chi connectivity index (χ4n) is 3.89. The Morgan fingerprint density at radius 3 is 2.41 bits per heavy atom. The summed E-state index contributed by atoms with van der Waals surface area (Å²) in [6.45, 7) is -0.0201. The molecular formula is C22H24BrF2NO5S. The Labute approximate surface area is 194 Å². The van der Waals surface area contributed by atoms with Crippen LogP contribution in [-0.2, 0) is 27.9 Å². The Balaban J connectivity index is 1.74. The molecule has 1 unspecified atom stereocenters. The summed E-state index contributed by atoms with van der Waals surface area (Å²) in [4.78, 5) is 11.9. The number of amides is 1. The third kappa shape index (κ3) is 6.49. The minimum Gasteiger partial charge on any atom is -0.444 e. The van der Waals surface area contributed by atoms with Crippen LogP contribution in [0.4, 0.5) is 19.3 Å². The summed E-state index contributed by atoms with van der Waals surface area (Å²) < 4.78 is 66.0. The predicted octanol–water partition coefficient (Wildman–Crippen LogP) is 5.85. The number of nitrogens with one attached hydrogen (secondary N) is 1. The van der Waals surface area contributed by atoms with Gasteiger partial charge < -0.3 is 4.74 Å². The van der Waals surface area contributed by atoms with Crippen molar-refractivity contribution in [2.75, 3.05) is 5.32 Å². The first-order chi connectivity index (χ1) is 15.1. The maximum absolute atomic E-state index is 13.4. The molecule has 32 heavy (non-hydrogen) atoms. The van der Waals surface area contributed by atoms with Crippen molar-refractivity contribution in [3.8, 4) is 0 Å². The lowest BCUT2D eigenvalue weighted by Gasteiger charge is -2.17. The van der Waals surface area contributed by atoms with Gasteiger partial charge in [-0.2, -0.15) is 8.42 Å². The van der Waals surface area contributed by atoms with E-state index in [1.807, 2.05) is 6.07 Å². The molecule has 2 aromatic carbocycles. The van der Waals surface area contributed by atoms with Gasteiger partial charge in [-0.05, 0) is 61.3 Å². The number of carbonyl (C=O) groups excluding carboxylic acids is 1. The summed E-state index contributed by atoms with van der Waals surface area (Å²) in [5, 5.41) is 2.44. The fraction of sp³-hybridized carbons (Fsp3) is 0.409. The van der Waals surface area contributed by atoms with Crippen molar-refractivity contribution in [3.63, 3.8) is 0 Å². The van der Waals surface area contributed by atoms with Crippen LogP contribution in [0.1, 0.15) is 36.8 Å². The highest BCUT2D eigenvalue weighted by molar-refractivity contribution is 9.10. The highest BCUT2D eigenvalue weighted by atomic mass is 79.9. The molecule has 174 valence electrons. The van der Waals surface area contributed by atoms with Crippen molar-refractivity contribution < 1.29 is 31.3 Å². The van der Waals surface area contributed by atoms with E-state index in [0.29, 0.717) is 29.3 Å². The summed E-state index contributed by atoms with van der Waals surface area (Å²) >= 11 is 3.36. The summed E-state index contributed by atoms with van der Waals surface area (Å²) in [7, 11) is -4.63.